The minimum atomic E-state index is -4.77. The highest BCUT2D eigenvalue weighted by atomic mass is 19.4. The standard InChI is InChI=1S/C14H11F3N2O3/c15-14(16,17)22-13-7-5-12(6-8-13)19(18-21)11-3-1-10(9-20)2-4-11/h1-8,20H,9H2. The van der Waals surface area contributed by atoms with Gasteiger partial charge in [-0.15, -0.1) is 18.1 Å². The second-order valence-electron chi connectivity index (χ2n) is 4.26. The van der Waals surface area contributed by atoms with Crippen molar-refractivity contribution in [3.05, 3.63) is 59.0 Å². The molecule has 0 amide bonds. The van der Waals surface area contributed by atoms with Crippen LogP contribution in [0.4, 0.5) is 24.5 Å². The van der Waals surface area contributed by atoms with Crippen molar-refractivity contribution in [2.24, 2.45) is 5.29 Å². The lowest BCUT2D eigenvalue weighted by Gasteiger charge is -2.16. The van der Waals surface area contributed by atoms with E-state index >= 15 is 0 Å². The molecule has 0 radical (unpaired) electrons. The lowest BCUT2D eigenvalue weighted by molar-refractivity contribution is -0.274. The Bertz CT molecular complexity index is 627. The molecule has 0 aliphatic rings. The summed E-state index contributed by atoms with van der Waals surface area (Å²) in [7, 11) is 0. The molecule has 8 heteroatoms. The van der Waals surface area contributed by atoms with Gasteiger partial charge in [-0.2, -0.15) is 5.01 Å². The number of hydrogen-bond donors (Lipinski definition) is 1. The van der Waals surface area contributed by atoms with Gasteiger partial charge in [-0.25, -0.2) is 0 Å². The van der Waals surface area contributed by atoms with Gasteiger partial charge < -0.3 is 9.84 Å². The summed E-state index contributed by atoms with van der Waals surface area (Å²) in [6.45, 7) is -0.141. The van der Waals surface area contributed by atoms with Crippen molar-refractivity contribution in [3.63, 3.8) is 0 Å². The molecular formula is C14H11F3N2O3. The van der Waals surface area contributed by atoms with E-state index in [1.807, 2.05) is 0 Å². The van der Waals surface area contributed by atoms with Gasteiger partial charge in [0.15, 0.2) is 0 Å². The number of halogens is 3. The molecule has 2 aromatic rings. The third-order valence-corrected chi connectivity index (χ3v) is 2.76. The number of alkyl halides is 3. The summed E-state index contributed by atoms with van der Waals surface area (Å²) in [5.74, 6) is -0.391. The zero-order valence-corrected chi connectivity index (χ0v) is 11.1. The fraction of sp³-hybridized carbons (Fsp3) is 0.143. The van der Waals surface area contributed by atoms with Crippen molar-refractivity contribution in [2.75, 3.05) is 5.01 Å². The third-order valence-electron chi connectivity index (χ3n) is 2.76. The third kappa shape index (κ3) is 3.95. The van der Waals surface area contributed by atoms with Crippen LogP contribution in [0.15, 0.2) is 53.8 Å². The Hall–Kier alpha value is -2.61. The Morgan fingerprint density at radius 2 is 1.50 bits per heavy atom. The SMILES string of the molecule is O=NN(c1ccc(CO)cc1)c1ccc(OC(F)(F)F)cc1. The van der Waals surface area contributed by atoms with E-state index in [1.54, 1.807) is 24.3 Å². The molecule has 116 valence electrons. The molecule has 0 heterocycles. The highest BCUT2D eigenvalue weighted by Crippen LogP contribution is 2.29. The predicted octanol–water partition coefficient (Wildman–Crippen LogP) is 3.90. The van der Waals surface area contributed by atoms with E-state index in [0.717, 1.165) is 17.1 Å². The molecule has 22 heavy (non-hydrogen) atoms. The van der Waals surface area contributed by atoms with Crippen molar-refractivity contribution in [1.29, 1.82) is 0 Å². The zero-order chi connectivity index (χ0) is 16.2. The second kappa shape index (κ2) is 6.44. The number of hydrogen-bond acceptors (Lipinski definition) is 4. The summed E-state index contributed by atoms with van der Waals surface area (Å²) in [6, 6.07) is 11.1. The number of ether oxygens (including phenoxy) is 1. The van der Waals surface area contributed by atoms with Crippen LogP contribution in [0.5, 0.6) is 5.75 Å². The molecule has 0 aromatic heterocycles. The number of nitroso groups, excluding NO2 is 1. The lowest BCUT2D eigenvalue weighted by Crippen LogP contribution is -2.17. The van der Waals surface area contributed by atoms with Crippen molar-refractivity contribution in [3.8, 4) is 5.75 Å². The number of aliphatic hydroxyl groups excluding tert-OH is 1. The maximum atomic E-state index is 12.1. The van der Waals surface area contributed by atoms with Gasteiger partial charge in [0, 0.05) is 0 Å². The summed E-state index contributed by atoms with van der Waals surface area (Å²) >= 11 is 0. The monoisotopic (exact) mass is 312 g/mol. The Labute approximate surface area is 123 Å². The number of benzene rings is 2. The average molecular weight is 312 g/mol. The second-order valence-corrected chi connectivity index (χ2v) is 4.26. The number of nitrogens with zero attached hydrogens (tertiary/aromatic N) is 2. The van der Waals surface area contributed by atoms with E-state index in [9.17, 15) is 18.1 Å². The molecule has 0 unspecified atom stereocenters. The molecule has 2 rings (SSSR count). The van der Waals surface area contributed by atoms with Crippen LogP contribution in [0, 0.1) is 4.91 Å². The highest BCUT2D eigenvalue weighted by molar-refractivity contribution is 5.63. The zero-order valence-electron chi connectivity index (χ0n) is 11.1. The Morgan fingerprint density at radius 3 is 1.91 bits per heavy atom. The number of anilines is 2. The summed E-state index contributed by atoms with van der Waals surface area (Å²) in [6.07, 6.45) is -4.77. The first-order valence-corrected chi connectivity index (χ1v) is 6.12. The van der Waals surface area contributed by atoms with Crippen molar-refractivity contribution in [2.45, 2.75) is 13.0 Å². The lowest BCUT2D eigenvalue weighted by atomic mass is 10.2. The van der Waals surface area contributed by atoms with Crippen LogP contribution in [-0.2, 0) is 6.61 Å². The first-order chi connectivity index (χ1) is 10.4. The maximum absolute atomic E-state index is 12.1. The van der Waals surface area contributed by atoms with Crippen LogP contribution in [0.1, 0.15) is 5.56 Å². The summed E-state index contributed by atoms with van der Waals surface area (Å²) in [5, 5.41) is 12.8. The van der Waals surface area contributed by atoms with Gasteiger partial charge >= 0.3 is 6.36 Å². The van der Waals surface area contributed by atoms with Gasteiger partial charge in [-0.05, 0) is 42.0 Å². The Balaban J connectivity index is 2.21. The molecular weight excluding hydrogens is 301 g/mol. The van der Waals surface area contributed by atoms with Crippen LogP contribution in [0.25, 0.3) is 0 Å². The van der Waals surface area contributed by atoms with E-state index in [4.69, 9.17) is 5.11 Å². The van der Waals surface area contributed by atoms with Gasteiger partial charge in [-0.1, -0.05) is 12.1 Å². The molecule has 0 aliphatic heterocycles. The summed E-state index contributed by atoms with van der Waals surface area (Å²) in [5.41, 5.74) is 1.35. The van der Waals surface area contributed by atoms with Crippen LogP contribution < -0.4 is 9.75 Å². The van der Waals surface area contributed by atoms with Gasteiger partial charge in [0.1, 0.15) is 5.75 Å². The molecule has 0 bridgehead atoms. The van der Waals surface area contributed by atoms with Crippen LogP contribution in [-0.4, -0.2) is 11.5 Å². The Kier molecular flexibility index (Phi) is 4.62. The van der Waals surface area contributed by atoms with Gasteiger partial charge in [0.05, 0.1) is 23.3 Å². The predicted molar refractivity (Wildman–Crippen MR) is 73.4 cm³/mol. The normalized spacial score (nSPS) is 11.1. The van der Waals surface area contributed by atoms with Crippen molar-refractivity contribution < 1.29 is 23.0 Å². The molecule has 0 atom stereocenters. The summed E-state index contributed by atoms with van der Waals surface area (Å²) in [4.78, 5) is 11.0. The van der Waals surface area contributed by atoms with Gasteiger partial charge in [0.2, 0.25) is 0 Å². The number of rotatable bonds is 5. The molecule has 0 saturated heterocycles. The maximum Gasteiger partial charge on any atom is 0.573 e. The van der Waals surface area contributed by atoms with Gasteiger partial charge in [-0.3, -0.25) is 0 Å². The molecule has 0 fully saturated rings. The first kappa shape index (κ1) is 15.8. The van der Waals surface area contributed by atoms with E-state index in [2.05, 4.69) is 10.0 Å². The Morgan fingerprint density at radius 1 is 1.00 bits per heavy atom. The van der Waals surface area contributed by atoms with E-state index in [1.165, 1.54) is 12.1 Å². The molecule has 5 nitrogen and oxygen atoms in total. The van der Waals surface area contributed by atoms with Crippen LogP contribution >= 0.6 is 0 Å². The minimum absolute atomic E-state index is 0.141. The average Bonchev–Trinajstić information content (AvgIpc) is 2.49. The molecule has 0 spiro atoms. The first-order valence-electron chi connectivity index (χ1n) is 6.12. The van der Waals surface area contributed by atoms with Crippen molar-refractivity contribution >= 4 is 11.4 Å². The van der Waals surface area contributed by atoms with Crippen LogP contribution in [0.3, 0.4) is 0 Å². The van der Waals surface area contributed by atoms with E-state index in [-0.39, 0.29) is 12.3 Å². The fourth-order valence-corrected chi connectivity index (χ4v) is 1.77. The topological polar surface area (TPSA) is 62.1 Å². The van der Waals surface area contributed by atoms with E-state index in [0.29, 0.717) is 11.3 Å². The highest BCUT2D eigenvalue weighted by Gasteiger charge is 2.31. The number of aliphatic hydroxyl groups is 1. The molecule has 0 saturated carbocycles. The van der Waals surface area contributed by atoms with Crippen LogP contribution in [0.2, 0.25) is 0 Å². The van der Waals surface area contributed by atoms with Gasteiger partial charge in [0.25, 0.3) is 0 Å². The van der Waals surface area contributed by atoms with Crippen molar-refractivity contribution in [1.82, 2.24) is 0 Å². The molecule has 1 N–H and O–H groups in total. The molecule has 2 aromatic carbocycles. The molecule has 0 aliphatic carbocycles. The minimum Gasteiger partial charge on any atom is -0.406 e. The fourth-order valence-electron chi connectivity index (χ4n) is 1.77. The quantitative estimate of drug-likeness (QED) is 0.672. The largest absolute Gasteiger partial charge is 0.573 e. The summed E-state index contributed by atoms with van der Waals surface area (Å²) < 4.78 is 40.0. The van der Waals surface area contributed by atoms with E-state index < -0.39 is 12.1 Å². The smallest absolute Gasteiger partial charge is 0.406 e.